The van der Waals surface area contributed by atoms with Crippen LogP contribution in [0.2, 0.25) is 5.02 Å². The molecule has 0 bridgehead atoms. The molecule has 4 aromatic rings. The van der Waals surface area contributed by atoms with Crippen molar-refractivity contribution < 1.29 is 13.2 Å². The fourth-order valence-electron chi connectivity index (χ4n) is 3.46. The Kier molecular flexibility index (Phi) is 5.97. The highest BCUT2D eigenvalue weighted by Crippen LogP contribution is 2.30. The second kappa shape index (κ2) is 8.70. The maximum Gasteiger partial charge on any atom is 0.252 e. The summed E-state index contributed by atoms with van der Waals surface area (Å²) in [5, 5.41) is 9.32. The summed E-state index contributed by atoms with van der Waals surface area (Å²) in [5.41, 5.74) is 4.25. The first-order valence-electron chi connectivity index (χ1n) is 9.79. The van der Waals surface area contributed by atoms with Gasteiger partial charge in [-0.25, -0.2) is 18.5 Å². The summed E-state index contributed by atoms with van der Waals surface area (Å²) in [6.45, 7) is 2.17. The average Bonchev–Trinajstić information content (AvgIpc) is 2.77. The van der Waals surface area contributed by atoms with E-state index in [9.17, 15) is 13.2 Å². The molecule has 1 amide bonds. The number of rotatable bonds is 5. The number of sulfonamides is 1. The zero-order chi connectivity index (χ0) is 22.9. The monoisotopic (exact) mass is 465 g/mol. The lowest BCUT2D eigenvalue weighted by molar-refractivity contribution is 0.0952. The maximum absolute atomic E-state index is 13.2. The third-order valence-electron chi connectivity index (χ3n) is 5.14. The third kappa shape index (κ3) is 4.50. The molecule has 3 aromatic carbocycles. The minimum Gasteiger partial charge on any atom is -0.348 e. The van der Waals surface area contributed by atoms with Gasteiger partial charge in [0, 0.05) is 22.5 Å². The van der Waals surface area contributed by atoms with Gasteiger partial charge in [-0.2, -0.15) is 0 Å². The third-order valence-corrected chi connectivity index (χ3v) is 6.40. The number of carbonyl (C=O) groups is 1. The minimum absolute atomic E-state index is 0.0209. The van der Waals surface area contributed by atoms with Crippen molar-refractivity contribution in [3.63, 3.8) is 0 Å². The number of primary sulfonamides is 1. The van der Waals surface area contributed by atoms with Crippen molar-refractivity contribution in [2.24, 2.45) is 5.14 Å². The van der Waals surface area contributed by atoms with Crippen LogP contribution < -0.4 is 10.5 Å². The Morgan fingerprint density at radius 3 is 2.44 bits per heavy atom. The van der Waals surface area contributed by atoms with E-state index in [-0.39, 0.29) is 17.3 Å². The van der Waals surface area contributed by atoms with Crippen molar-refractivity contribution in [2.45, 2.75) is 18.4 Å². The van der Waals surface area contributed by atoms with Crippen molar-refractivity contribution >= 4 is 38.4 Å². The number of nitrogens with two attached hydrogens (primary N) is 1. The molecule has 1 aromatic heterocycles. The summed E-state index contributed by atoms with van der Waals surface area (Å²) in [6.07, 6.45) is 0. The number of aromatic nitrogens is 1. The number of pyridine rings is 1. The first-order valence-corrected chi connectivity index (χ1v) is 11.7. The van der Waals surface area contributed by atoms with Gasteiger partial charge in [0.05, 0.1) is 21.7 Å². The number of amides is 1. The van der Waals surface area contributed by atoms with Crippen LogP contribution >= 0.6 is 11.6 Å². The van der Waals surface area contributed by atoms with E-state index in [0.717, 1.165) is 27.6 Å². The summed E-state index contributed by atoms with van der Waals surface area (Å²) < 4.78 is 22.8. The van der Waals surface area contributed by atoms with E-state index in [1.165, 1.54) is 12.1 Å². The van der Waals surface area contributed by atoms with Crippen LogP contribution in [0, 0.1) is 6.92 Å². The van der Waals surface area contributed by atoms with Gasteiger partial charge < -0.3 is 5.32 Å². The lowest BCUT2D eigenvalue weighted by Crippen LogP contribution is -2.23. The van der Waals surface area contributed by atoms with Crippen LogP contribution in [0.15, 0.2) is 77.7 Å². The molecule has 0 radical (unpaired) electrons. The molecular weight excluding hydrogens is 446 g/mol. The van der Waals surface area contributed by atoms with Gasteiger partial charge >= 0.3 is 0 Å². The van der Waals surface area contributed by atoms with Crippen LogP contribution in [0.25, 0.3) is 22.2 Å². The van der Waals surface area contributed by atoms with Crippen LogP contribution in [0.5, 0.6) is 0 Å². The fourth-order valence-corrected chi connectivity index (χ4v) is 4.21. The molecule has 0 aliphatic carbocycles. The van der Waals surface area contributed by atoms with Gasteiger partial charge in [0.25, 0.3) is 5.91 Å². The van der Waals surface area contributed by atoms with Gasteiger partial charge in [-0.05, 0) is 42.3 Å². The molecule has 32 heavy (non-hydrogen) atoms. The molecule has 162 valence electrons. The predicted molar refractivity (Wildman–Crippen MR) is 126 cm³/mol. The quantitative estimate of drug-likeness (QED) is 0.454. The maximum atomic E-state index is 13.2. The van der Waals surface area contributed by atoms with Crippen molar-refractivity contribution in [3.05, 3.63) is 94.5 Å². The molecule has 6 nitrogen and oxygen atoms in total. The summed E-state index contributed by atoms with van der Waals surface area (Å²) in [7, 11) is -3.76. The Balaban J connectivity index is 1.69. The Morgan fingerprint density at radius 2 is 1.75 bits per heavy atom. The molecule has 0 saturated heterocycles. The summed E-state index contributed by atoms with van der Waals surface area (Å²) in [5.74, 6) is -0.271. The molecule has 4 rings (SSSR count). The molecule has 0 unspecified atom stereocenters. The van der Waals surface area contributed by atoms with Crippen LogP contribution in [0.3, 0.4) is 0 Å². The highest BCUT2D eigenvalue weighted by Gasteiger charge is 2.16. The van der Waals surface area contributed by atoms with Crippen molar-refractivity contribution in [2.75, 3.05) is 0 Å². The molecule has 0 saturated carbocycles. The van der Waals surface area contributed by atoms with Crippen LogP contribution in [0.4, 0.5) is 0 Å². The van der Waals surface area contributed by atoms with Gasteiger partial charge in [0.2, 0.25) is 10.0 Å². The standard InChI is InChI=1S/C24H20ClN3O3S/c1-15-5-4-7-18-20(13-22(28-23(15)18)19-6-2-3-8-21(19)25)24(29)27-14-16-9-11-17(12-10-16)32(26,30)31/h2-13H,14H2,1H3,(H,27,29)(H2,26,30,31). The average molecular weight is 466 g/mol. The summed E-state index contributed by atoms with van der Waals surface area (Å²) in [4.78, 5) is 17.9. The number of fused-ring (bicyclic) bond motifs is 1. The number of para-hydroxylation sites is 1. The number of carbonyl (C=O) groups excluding carboxylic acids is 1. The summed E-state index contributed by atoms with van der Waals surface area (Å²) >= 11 is 6.38. The Morgan fingerprint density at radius 1 is 1.03 bits per heavy atom. The molecule has 1 heterocycles. The lowest BCUT2D eigenvalue weighted by atomic mass is 10.0. The van der Waals surface area contributed by atoms with E-state index >= 15 is 0 Å². The first kappa shape index (κ1) is 22.0. The highest BCUT2D eigenvalue weighted by molar-refractivity contribution is 7.89. The molecule has 0 aliphatic heterocycles. The van der Waals surface area contributed by atoms with E-state index in [4.69, 9.17) is 21.7 Å². The molecule has 0 atom stereocenters. The second-order valence-electron chi connectivity index (χ2n) is 7.38. The molecule has 3 N–H and O–H groups in total. The molecular formula is C24H20ClN3O3S. The number of benzene rings is 3. The summed E-state index contributed by atoms with van der Waals surface area (Å²) in [6, 6.07) is 20.8. The number of halogens is 1. The van der Waals surface area contributed by atoms with E-state index in [1.54, 1.807) is 24.3 Å². The zero-order valence-electron chi connectivity index (χ0n) is 17.2. The van der Waals surface area contributed by atoms with Gasteiger partial charge in [-0.3, -0.25) is 4.79 Å². The van der Waals surface area contributed by atoms with Gasteiger partial charge in [-0.15, -0.1) is 0 Å². The fraction of sp³-hybridized carbons (Fsp3) is 0.0833. The predicted octanol–water partition coefficient (Wildman–Crippen LogP) is 4.44. The smallest absolute Gasteiger partial charge is 0.252 e. The zero-order valence-corrected chi connectivity index (χ0v) is 18.7. The Hall–Kier alpha value is -3.26. The lowest BCUT2D eigenvalue weighted by Gasteiger charge is -2.13. The van der Waals surface area contributed by atoms with Gasteiger partial charge in [0.15, 0.2) is 0 Å². The van der Waals surface area contributed by atoms with Crippen molar-refractivity contribution in [1.82, 2.24) is 10.3 Å². The molecule has 0 aliphatic rings. The Bertz CT molecular complexity index is 1440. The van der Waals surface area contributed by atoms with Gasteiger partial charge in [-0.1, -0.05) is 60.1 Å². The SMILES string of the molecule is Cc1cccc2c(C(=O)NCc3ccc(S(N)(=O)=O)cc3)cc(-c3ccccc3Cl)nc12. The van der Waals surface area contributed by atoms with Crippen LogP contribution in [-0.4, -0.2) is 19.3 Å². The molecule has 8 heteroatoms. The van der Waals surface area contributed by atoms with Crippen molar-refractivity contribution in [1.29, 1.82) is 0 Å². The van der Waals surface area contributed by atoms with Gasteiger partial charge in [0.1, 0.15) is 0 Å². The van der Waals surface area contributed by atoms with E-state index < -0.39 is 10.0 Å². The minimum atomic E-state index is -3.76. The number of aryl methyl sites for hydroxylation is 1. The van der Waals surface area contributed by atoms with E-state index in [0.29, 0.717) is 16.3 Å². The number of hydrogen-bond donors (Lipinski definition) is 2. The molecule has 0 spiro atoms. The van der Waals surface area contributed by atoms with E-state index in [2.05, 4.69) is 5.32 Å². The number of nitrogens with one attached hydrogen (secondary N) is 1. The van der Waals surface area contributed by atoms with E-state index in [1.807, 2.05) is 43.3 Å². The van der Waals surface area contributed by atoms with Crippen LogP contribution in [-0.2, 0) is 16.6 Å². The van der Waals surface area contributed by atoms with Crippen LogP contribution in [0.1, 0.15) is 21.5 Å². The number of nitrogens with zero attached hydrogens (tertiary/aromatic N) is 1. The largest absolute Gasteiger partial charge is 0.348 e. The topological polar surface area (TPSA) is 102 Å². The van der Waals surface area contributed by atoms with Crippen molar-refractivity contribution in [3.8, 4) is 11.3 Å². The highest BCUT2D eigenvalue weighted by atomic mass is 35.5. The normalized spacial score (nSPS) is 11.5. The first-order chi connectivity index (χ1) is 15.2. The number of hydrogen-bond acceptors (Lipinski definition) is 4. The molecule has 0 fully saturated rings. The Labute approximate surface area is 191 Å². The second-order valence-corrected chi connectivity index (χ2v) is 9.35.